The summed E-state index contributed by atoms with van der Waals surface area (Å²) in [4.78, 5) is 36.1. The van der Waals surface area contributed by atoms with E-state index in [-0.39, 0.29) is 24.9 Å². The summed E-state index contributed by atoms with van der Waals surface area (Å²) >= 11 is 1.29. The molecule has 2 aromatic carbocycles. The van der Waals surface area contributed by atoms with E-state index in [1.807, 2.05) is 30.3 Å². The van der Waals surface area contributed by atoms with Crippen LogP contribution in [0.3, 0.4) is 0 Å². The summed E-state index contributed by atoms with van der Waals surface area (Å²) < 4.78 is 5.70. The van der Waals surface area contributed by atoms with Crippen LogP contribution in [-0.2, 0) is 16.2 Å². The van der Waals surface area contributed by atoms with Gasteiger partial charge in [-0.15, -0.1) is 11.3 Å². The Hall–Kier alpha value is -3.65. The molecule has 1 heterocycles. The molecule has 0 spiro atoms. The summed E-state index contributed by atoms with van der Waals surface area (Å²) in [6, 6.07) is 20.2. The molecule has 3 N–H and O–H groups in total. The van der Waals surface area contributed by atoms with Crippen LogP contribution in [0.4, 0.5) is 5.69 Å². The summed E-state index contributed by atoms with van der Waals surface area (Å²) in [5.41, 5.74) is 1.66. The van der Waals surface area contributed by atoms with E-state index in [9.17, 15) is 14.4 Å². The van der Waals surface area contributed by atoms with E-state index in [0.717, 1.165) is 5.56 Å². The molecule has 0 aliphatic carbocycles. The first-order valence-corrected chi connectivity index (χ1v) is 10.1. The SMILES string of the molecule is O=C(CNC(=O)c1cccs1)NCC(=O)Nc1ccc(OCc2ccccc2)cc1. The van der Waals surface area contributed by atoms with Crippen LogP contribution in [0, 0.1) is 0 Å². The van der Waals surface area contributed by atoms with E-state index < -0.39 is 5.91 Å². The highest BCUT2D eigenvalue weighted by molar-refractivity contribution is 7.12. The van der Waals surface area contributed by atoms with Crippen molar-refractivity contribution in [1.82, 2.24) is 10.6 Å². The van der Waals surface area contributed by atoms with Crippen molar-refractivity contribution < 1.29 is 19.1 Å². The fourth-order valence-electron chi connectivity index (χ4n) is 2.48. The molecule has 0 fully saturated rings. The molecule has 0 atom stereocenters. The van der Waals surface area contributed by atoms with E-state index in [1.54, 1.807) is 41.8 Å². The van der Waals surface area contributed by atoms with Crippen LogP contribution in [0.5, 0.6) is 5.75 Å². The average Bonchev–Trinajstić information content (AvgIpc) is 3.31. The van der Waals surface area contributed by atoms with Crippen molar-refractivity contribution in [2.45, 2.75) is 6.61 Å². The minimum Gasteiger partial charge on any atom is -0.489 e. The van der Waals surface area contributed by atoms with Crippen molar-refractivity contribution in [3.63, 3.8) is 0 Å². The number of rotatable bonds is 9. The molecule has 0 aliphatic rings. The molecule has 0 saturated heterocycles. The third-order valence-electron chi connectivity index (χ3n) is 3.99. The van der Waals surface area contributed by atoms with Crippen LogP contribution < -0.4 is 20.7 Å². The zero-order valence-electron chi connectivity index (χ0n) is 16.1. The minimum atomic E-state index is -0.445. The standard InChI is InChI=1S/C22H21N3O4S/c26-20(13-24-22(28)19-7-4-12-30-19)23-14-21(27)25-17-8-10-18(11-9-17)29-15-16-5-2-1-3-6-16/h1-12H,13-15H2,(H,23,26)(H,24,28)(H,25,27). The molecule has 0 saturated carbocycles. The van der Waals surface area contributed by atoms with Crippen LogP contribution in [0.25, 0.3) is 0 Å². The highest BCUT2D eigenvalue weighted by atomic mass is 32.1. The lowest BCUT2D eigenvalue weighted by Crippen LogP contribution is -2.40. The van der Waals surface area contributed by atoms with Gasteiger partial charge in [-0.3, -0.25) is 14.4 Å². The lowest BCUT2D eigenvalue weighted by atomic mass is 10.2. The third kappa shape index (κ3) is 6.75. The number of amides is 3. The van der Waals surface area contributed by atoms with Gasteiger partial charge in [0.25, 0.3) is 5.91 Å². The second kappa shape index (κ2) is 10.8. The number of anilines is 1. The monoisotopic (exact) mass is 423 g/mol. The third-order valence-corrected chi connectivity index (χ3v) is 4.86. The number of benzene rings is 2. The number of hydrogen-bond donors (Lipinski definition) is 3. The Morgan fingerprint density at radius 1 is 0.800 bits per heavy atom. The van der Waals surface area contributed by atoms with E-state index in [2.05, 4.69) is 16.0 Å². The Labute approximate surface area is 178 Å². The van der Waals surface area contributed by atoms with Gasteiger partial charge >= 0.3 is 0 Å². The maximum Gasteiger partial charge on any atom is 0.261 e. The van der Waals surface area contributed by atoms with Crippen molar-refractivity contribution in [2.75, 3.05) is 18.4 Å². The average molecular weight is 423 g/mol. The van der Waals surface area contributed by atoms with E-state index in [4.69, 9.17) is 4.74 Å². The van der Waals surface area contributed by atoms with Crippen LogP contribution in [0.2, 0.25) is 0 Å². The second-order valence-corrected chi connectivity index (χ2v) is 7.23. The second-order valence-electron chi connectivity index (χ2n) is 6.28. The Bertz CT molecular complexity index is 973. The summed E-state index contributed by atoms with van der Waals surface area (Å²) in [5, 5.41) is 9.44. The van der Waals surface area contributed by atoms with Crippen molar-refractivity contribution >= 4 is 34.7 Å². The van der Waals surface area contributed by atoms with Gasteiger partial charge in [-0.2, -0.15) is 0 Å². The smallest absolute Gasteiger partial charge is 0.261 e. The van der Waals surface area contributed by atoms with Gasteiger partial charge in [0.05, 0.1) is 18.0 Å². The normalized spacial score (nSPS) is 10.1. The molecular weight excluding hydrogens is 402 g/mol. The van der Waals surface area contributed by atoms with E-state index in [0.29, 0.717) is 22.9 Å². The van der Waals surface area contributed by atoms with Gasteiger partial charge in [-0.1, -0.05) is 36.4 Å². The molecule has 0 unspecified atom stereocenters. The van der Waals surface area contributed by atoms with Gasteiger partial charge in [0.1, 0.15) is 12.4 Å². The highest BCUT2D eigenvalue weighted by Crippen LogP contribution is 2.17. The number of carbonyl (C=O) groups excluding carboxylic acids is 3. The lowest BCUT2D eigenvalue weighted by Gasteiger charge is -2.09. The maximum absolute atomic E-state index is 12.0. The number of carbonyl (C=O) groups is 3. The Kier molecular flexibility index (Phi) is 7.57. The zero-order valence-corrected chi connectivity index (χ0v) is 16.9. The predicted molar refractivity (Wildman–Crippen MR) is 116 cm³/mol. The van der Waals surface area contributed by atoms with E-state index in [1.165, 1.54) is 11.3 Å². The predicted octanol–water partition coefficient (Wildman–Crippen LogP) is 2.81. The van der Waals surface area contributed by atoms with Crippen molar-refractivity contribution in [2.24, 2.45) is 0 Å². The van der Waals surface area contributed by atoms with Gasteiger partial charge in [0, 0.05) is 5.69 Å². The molecule has 0 radical (unpaired) electrons. The molecule has 154 valence electrons. The summed E-state index contributed by atoms with van der Waals surface area (Å²) in [7, 11) is 0. The summed E-state index contributed by atoms with van der Waals surface area (Å²) in [6.07, 6.45) is 0. The zero-order chi connectivity index (χ0) is 21.2. The number of thiophene rings is 1. The molecule has 3 rings (SSSR count). The van der Waals surface area contributed by atoms with E-state index >= 15 is 0 Å². The molecule has 8 heteroatoms. The van der Waals surface area contributed by atoms with Gasteiger partial charge in [0.15, 0.2) is 0 Å². The molecule has 0 aliphatic heterocycles. The first-order chi connectivity index (χ1) is 14.6. The topological polar surface area (TPSA) is 96.5 Å². The number of ether oxygens (including phenoxy) is 1. The summed E-state index contributed by atoms with van der Waals surface area (Å²) in [5.74, 6) is -0.448. The van der Waals surface area contributed by atoms with Crippen LogP contribution in [0.1, 0.15) is 15.2 Å². The van der Waals surface area contributed by atoms with Crippen LogP contribution >= 0.6 is 11.3 Å². The molecule has 1 aromatic heterocycles. The summed E-state index contributed by atoms with van der Waals surface area (Å²) in [6.45, 7) is 0.0685. The molecule has 30 heavy (non-hydrogen) atoms. The first kappa shape index (κ1) is 21.1. The Morgan fingerprint density at radius 2 is 1.53 bits per heavy atom. The van der Waals surface area contributed by atoms with Gasteiger partial charge in [0.2, 0.25) is 11.8 Å². The van der Waals surface area contributed by atoms with Crippen molar-refractivity contribution in [1.29, 1.82) is 0 Å². The molecule has 7 nitrogen and oxygen atoms in total. The lowest BCUT2D eigenvalue weighted by molar-refractivity contribution is -0.123. The van der Waals surface area contributed by atoms with Crippen molar-refractivity contribution in [3.05, 3.63) is 82.6 Å². The van der Waals surface area contributed by atoms with Gasteiger partial charge in [-0.25, -0.2) is 0 Å². The Balaban J connectivity index is 1.36. The minimum absolute atomic E-state index is 0.194. The van der Waals surface area contributed by atoms with Gasteiger partial charge < -0.3 is 20.7 Å². The first-order valence-electron chi connectivity index (χ1n) is 9.25. The fraction of sp³-hybridized carbons (Fsp3) is 0.136. The number of hydrogen-bond acceptors (Lipinski definition) is 5. The fourth-order valence-corrected chi connectivity index (χ4v) is 3.12. The largest absolute Gasteiger partial charge is 0.489 e. The molecule has 3 amide bonds. The molecule has 3 aromatic rings. The molecule has 0 bridgehead atoms. The quantitative estimate of drug-likeness (QED) is 0.493. The maximum atomic E-state index is 12.0. The highest BCUT2D eigenvalue weighted by Gasteiger charge is 2.10. The van der Waals surface area contributed by atoms with Crippen molar-refractivity contribution in [3.8, 4) is 5.75 Å². The van der Waals surface area contributed by atoms with Crippen LogP contribution in [-0.4, -0.2) is 30.8 Å². The van der Waals surface area contributed by atoms with Crippen LogP contribution in [0.15, 0.2) is 72.1 Å². The Morgan fingerprint density at radius 3 is 2.23 bits per heavy atom. The number of nitrogens with one attached hydrogen (secondary N) is 3. The van der Waals surface area contributed by atoms with Gasteiger partial charge in [-0.05, 0) is 41.3 Å². The molecular formula is C22H21N3O4S.